The first-order valence-corrected chi connectivity index (χ1v) is 4.37. The third-order valence-corrected chi connectivity index (χ3v) is 1.59. The first kappa shape index (κ1) is 10.5. The van der Waals surface area contributed by atoms with Crippen LogP contribution in [0, 0.1) is 0 Å². The third-order valence-electron chi connectivity index (χ3n) is 1.59. The normalized spacial score (nSPS) is 11.9. The first-order chi connectivity index (χ1) is 5.09. The van der Waals surface area contributed by atoms with E-state index >= 15 is 0 Å². The standard InChI is InChI=1S/C9H20N2/c1-6-10-7-11(8(2)3)9(4)5/h7-9H,6H2,1-5H3. The zero-order chi connectivity index (χ0) is 8.85. The van der Waals surface area contributed by atoms with Crippen molar-refractivity contribution in [1.29, 1.82) is 0 Å². The molecule has 0 aromatic carbocycles. The Morgan fingerprint density at radius 3 is 1.91 bits per heavy atom. The summed E-state index contributed by atoms with van der Waals surface area (Å²) >= 11 is 0. The van der Waals surface area contributed by atoms with E-state index in [1.54, 1.807) is 0 Å². The summed E-state index contributed by atoms with van der Waals surface area (Å²) < 4.78 is 0. The van der Waals surface area contributed by atoms with Crippen molar-refractivity contribution in [3.05, 3.63) is 0 Å². The second-order valence-corrected chi connectivity index (χ2v) is 3.25. The summed E-state index contributed by atoms with van der Waals surface area (Å²) in [5.74, 6) is 0. The molecule has 0 bridgehead atoms. The SMILES string of the molecule is CCN=CN(C(C)C)C(C)C. The fraction of sp³-hybridized carbons (Fsp3) is 0.889. The van der Waals surface area contributed by atoms with Crippen LogP contribution in [0.5, 0.6) is 0 Å². The van der Waals surface area contributed by atoms with Crippen LogP contribution in [0.15, 0.2) is 4.99 Å². The van der Waals surface area contributed by atoms with Crippen LogP contribution in [0.25, 0.3) is 0 Å². The van der Waals surface area contributed by atoms with Crippen molar-refractivity contribution in [1.82, 2.24) is 4.90 Å². The molecule has 0 heterocycles. The predicted octanol–water partition coefficient (Wildman–Crippen LogP) is 2.15. The molecule has 0 aromatic rings. The van der Waals surface area contributed by atoms with Crippen molar-refractivity contribution in [2.45, 2.75) is 46.7 Å². The lowest BCUT2D eigenvalue weighted by Crippen LogP contribution is -2.35. The largest absolute Gasteiger partial charge is 0.358 e. The minimum absolute atomic E-state index is 0.547. The second-order valence-electron chi connectivity index (χ2n) is 3.25. The molecule has 0 N–H and O–H groups in total. The number of nitrogens with zero attached hydrogens (tertiary/aromatic N) is 2. The molecule has 0 spiro atoms. The van der Waals surface area contributed by atoms with Gasteiger partial charge in [-0.25, -0.2) is 0 Å². The van der Waals surface area contributed by atoms with Crippen molar-refractivity contribution in [3.63, 3.8) is 0 Å². The summed E-state index contributed by atoms with van der Waals surface area (Å²) in [7, 11) is 0. The van der Waals surface area contributed by atoms with Crippen LogP contribution in [-0.4, -0.2) is 29.9 Å². The highest BCUT2D eigenvalue weighted by Crippen LogP contribution is 2.00. The van der Waals surface area contributed by atoms with Gasteiger partial charge >= 0.3 is 0 Å². The van der Waals surface area contributed by atoms with Gasteiger partial charge in [-0.05, 0) is 34.6 Å². The predicted molar refractivity (Wildman–Crippen MR) is 51.1 cm³/mol. The number of aliphatic imine (C=N–C) groups is 1. The molecule has 11 heavy (non-hydrogen) atoms. The lowest BCUT2D eigenvalue weighted by Gasteiger charge is -2.28. The monoisotopic (exact) mass is 156 g/mol. The maximum absolute atomic E-state index is 4.22. The molecule has 0 fully saturated rings. The average molecular weight is 156 g/mol. The highest BCUT2D eigenvalue weighted by Gasteiger charge is 2.07. The van der Waals surface area contributed by atoms with Gasteiger partial charge in [0, 0.05) is 18.6 Å². The van der Waals surface area contributed by atoms with E-state index in [2.05, 4.69) is 44.5 Å². The third kappa shape index (κ3) is 4.02. The second kappa shape index (κ2) is 5.16. The van der Waals surface area contributed by atoms with Crippen molar-refractivity contribution < 1.29 is 0 Å². The average Bonchev–Trinajstić information content (AvgIpc) is 1.87. The van der Waals surface area contributed by atoms with E-state index in [9.17, 15) is 0 Å². The van der Waals surface area contributed by atoms with E-state index < -0.39 is 0 Å². The molecular weight excluding hydrogens is 136 g/mol. The van der Waals surface area contributed by atoms with E-state index in [1.807, 2.05) is 6.34 Å². The molecule has 0 aliphatic heterocycles. The molecule has 0 radical (unpaired) electrons. The van der Waals surface area contributed by atoms with Gasteiger partial charge in [0.2, 0.25) is 0 Å². The van der Waals surface area contributed by atoms with Crippen molar-refractivity contribution in [2.24, 2.45) is 4.99 Å². The Hall–Kier alpha value is -0.530. The van der Waals surface area contributed by atoms with Crippen molar-refractivity contribution in [3.8, 4) is 0 Å². The molecule has 2 heteroatoms. The molecule has 0 aliphatic rings. The van der Waals surface area contributed by atoms with Crippen LogP contribution < -0.4 is 0 Å². The lowest BCUT2D eigenvalue weighted by atomic mass is 10.2. The van der Waals surface area contributed by atoms with Crippen LogP contribution in [-0.2, 0) is 0 Å². The van der Waals surface area contributed by atoms with Gasteiger partial charge in [0.25, 0.3) is 0 Å². The minimum Gasteiger partial charge on any atom is -0.358 e. The first-order valence-electron chi connectivity index (χ1n) is 4.37. The molecule has 0 atom stereocenters. The van der Waals surface area contributed by atoms with E-state index in [4.69, 9.17) is 0 Å². The summed E-state index contributed by atoms with van der Waals surface area (Å²) in [6, 6.07) is 1.09. The Labute approximate surface area is 70.3 Å². The minimum atomic E-state index is 0.547. The molecule has 0 saturated carbocycles. The lowest BCUT2D eigenvalue weighted by molar-refractivity contribution is 0.301. The molecular formula is C9H20N2. The van der Waals surface area contributed by atoms with Crippen molar-refractivity contribution >= 4 is 6.34 Å². The summed E-state index contributed by atoms with van der Waals surface area (Å²) in [5.41, 5.74) is 0. The van der Waals surface area contributed by atoms with E-state index in [0.29, 0.717) is 12.1 Å². The smallest absolute Gasteiger partial charge is 0.0854 e. The Kier molecular flexibility index (Phi) is 4.92. The van der Waals surface area contributed by atoms with E-state index in [-0.39, 0.29) is 0 Å². The number of hydrogen-bond donors (Lipinski definition) is 0. The highest BCUT2D eigenvalue weighted by atomic mass is 15.2. The molecule has 0 aromatic heterocycles. The fourth-order valence-corrected chi connectivity index (χ4v) is 1.04. The molecule has 0 amide bonds. The van der Waals surface area contributed by atoms with Crippen LogP contribution in [0.1, 0.15) is 34.6 Å². The molecule has 2 nitrogen and oxygen atoms in total. The van der Waals surface area contributed by atoms with Gasteiger partial charge in [-0.3, -0.25) is 4.99 Å². The molecule has 0 unspecified atom stereocenters. The van der Waals surface area contributed by atoms with Crippen LogP contribution in [0.4, 0.5) is 0 Å². The fourth-order valence-electron chi connectivity index (χ4n) is 1.04. The number of hydrogen-bond acceptors (Lipinski definition) is 1. The summed E-state index contributed by atoms with van der Waals surface area (Å²) in [6.45, 7) is 11.7. The summed E-state index contributed by atoms with van der Waals surface area (Å²) in [6.07, 6.45) is 1.95. The van der Waals surface area contributed by atoms with Gasteiger partial charge in [0.15, 0.2) is 0 Å². The molecule has 0 aliphatic carbocycles. The summed E-state index contributed by atoms with van der Waals surface area (Å²) in [5, 5.41) is 0. The Balaban J connectivity index is 4.00. The molecule has 0 rings (SSSR count). The summed E-state index contributed by atoms with van der Waals surface area (Å²) in [4.78, 5) is 6.47. The molecule has 0 saturated heterocycles. The van der Waals surface area contributed by atoms with Crippen LogP contribution in [0.2, 0.25) is 0 Å². The van der Waals surface area contributed by atoms with Gasteiger partial charge < -0.3 is 4.90 Å². The number of rotatable bonds is 4. The van der Waals surface area contributed by atoms with Gasteiger partial charge in [-0.2, -0.15) is 0 Å². The van der Waals surface area contributed by atoms with Gasteiger partial charge in [0.05, 0.1) is 6.34 Å². The van der Waals surface area contributed by atoms with Gasteiger partial charge in [-0.15, -0.1) is 0 Å². The quantitative estimate of drug-likeness (QED) is 0.450. The zero-order valence-electron chi connectivity index (χ0n) is 8.33. The molecule has 66 valence electrons. The van der Waals surface area contributed by atoms with Gasteiger partial charge in [0.1, 0.15) is 0 Å². The Bertz CT molecular complexity index is 109. The van der Waals surface area contributed by atoms with E-state index in [1.165, 1.54) is 0 Å². The van der Waals surface area contributed by atoms with Crippen molar-refractivity contribution in [2.75, 3.05) is 6.54 Å². The van der Waals surface area contributed by atoms with E-state index in [0.717, 1.165) is 6.54 Å². The Morgan fingerprint density at radius 1 is 1.18 bits per heavy atom. The van der Waals surface area contributed by atoms with Crippen LogP contribution in [0.3, 0.4) is 0 Å². The highest BCUT2D eigenvalue weighted by molar-refractivity contribution is 5.55. The topological polar surface area (TPSA) is 15.6 Å². The maximum Gasteiger partial charge on any atom is 0.0854 e. The van der Waals surface area contributed by atoms with Gasteiger partial charge in [-0.1, -0.05) is 0 Å². The Morgan fingerprint density at radius 2 is 1.64 bits per heavy atom. The maximum atomic E-state index is 4.22. The van der Waals surface area contributed by atoms with Crippen LogP contribution >= 0.6 is 0 Å². The zero-order valence-corrected chi connectivity index (χ0v) is 8.33.